The number of aromatic nitrogens is 2. The Balaban J connectivity index is 1.43. The van der Waals surface area contributed by atoms with Crippen LogP contribution in [0.25, 0.3) is 16.0 Å². The third-order valence-corrected chi connectivity index (χ3v) is 6.92. The number of hydrazone groups is 1. The second-order valence-electron chi connectivity index (χ2n) is 7.87. The third-order valence-electron chi connectivity index (χ3n) is 5.95. The Bertz CT molecular complexity index is 1050. The van der Waals surface area contributed by atoms with E-state index in [1.165, 1.54) is 36.2 Å². The van der Waals surface area contributed by atoms with E-state index in [0.29, 0.717) is 6.04 Å². The van der Waals surface area contributed by atoms with Crippen LogP contribution in [0.4, 0.5) is 0 Å². The van der Waals surface area contributed by atoms with Crippen molar-refractivity contribution in [3.8, 4) is 0 Å². The topological polar surface area (TPSA) is 53.2 Å². The standard InChI is InChI=1S/C21H25N5OS/c1-24(16-6-3-2-4-7-16)20(27)19-14-26-18-12-15(13-25-11-5-10-22-25)8-9-17(18)23-21(26)28-19/h8-10,12,14,16H,2-7,11,13H2,1H3. The monoisotopic (exact) mass is 395 g/mol. The lowest BCUT2D eigenvalue weighted by molar-refractivity contribution is 0.0701. The van der Waals surface area contributed by atoms with Crippen LogP contribution in [-0.4, -0.2) is 51.0 Å². The van der Waals surface area contributed by atoms with Gasteiger partial charge in [-0.3, -0.25) is 14.2 Å². The van der Waals surface area contributed by atoms with Crippen molar-refractivity contribution in [1.29, 1.82) is 0 Å². The first-order chi connectivity index (χ1) is 13.7. The normalized spacial score (nSPS) is 17.8. The van der Waals surface area contributed by atoms with Gasteiger partial charge < -0.3 is 4.90 Å². The number of imidazole rings is 1. The number of amides is 1. The molecule has 146 valence electrons. The molecule has 5 rings (SSSR count). The highest BCUT2D eigenvalue weighted by Crippen LogP contribution is 2.28. The minimum atomic E-state index is 0.123. The molecule has 0 saturated heterocycles. The molecule has 1 aliphatic heterocycles. The van der Waals surface area contributed by atoms with Gasteiger partial charge in [0, 0.05) is 38.5 Å². The summed E-state index contributed by atoms with van der Waals surface area (Å²) in [7, 11) is 1.95. The van der Waals surface area contributed by atoms with Gasteiger partial charge in [-0.25, -0.2) is 4.98 Å². The predicted molar refractivity (Wildman–Crippen MR) is 113 cm³/mol. The van der Waals surface area contributed by atoms with Crippen molar-refractivity contribution in [2.24, 2.45) is 5.10 Å². The Hall–Kier alpha value is -2.41. The quantitative estimate of drug-likeness (QED) is 0.667. The van der Waals surface area contributed by atoms with Crippen molar-refractivity contribution in [3.05, 3.63) is 34.8 Å². The fourth-order valence-corrected chi connectivity index (χ4v) is 5.31. The van der Waals surface area contributed by atoms with Crippen molar-refractivity contribution in [3.63, 3.8) is 0 Å². The second-order valence-corrected chi connectivity index (χ2v) is 8.87. The van der Waals surface area contributed by atoms with Gasteiger partial charge in [-0.2, -0.15) is 5.10 Å². The molecule has 6 nitrogen and oxygen atoms in total. The predicted octanol–water partition coefficient (Wildman–Crippen LogP) is 4.15. The summed E-state index contributed by atoms with van der Waals surface area (Å²) in [5.41, 5.74) is 3.25. The van der Waals surface area contributed by atoms with Crippen LogP contribution < -0.4 is 0 Å². The van der Waals surface area contributed by atoms with Crippen LogP contribution in [0, 0.1) is 0 Å². The van der Waals surface area contributed by atoms with Gasteiger partial charge in [0.2, 0.25) is 0 Å². The van der Waals surface area contributed by atoms with Crippen molar-refractivity contribution >= 4 is 39.5 Å². The number of hydrogen-bond acceptors (Lipinski definition) is 5. The number of nitrogens with zero attached hydrogens (tertiary/aromatic N) is 5. The molecule has 0 N–H and O–H groups in total. The summed E-state index contributed by atoms with van der Waals surface area (Å²) in [6.45, 7) is 1.78. The van der Waals surface area contributed by atoms with Crippen LogP contribution in [0.3, 0.4) is 0 Å². The molecule has 0 bridgehead atoms. The summed E-state index contributed by atoms with van der Waals surface area (Å²) >= 11 is 1.49. The molecular weight excluding hydrogens is 370 g/mol. The van der Waals surface area contributed by atoms with E-state index >= 15 is 0 Å². The van der Waals surface area contributed by atoms with Crippen LogP contribution in [0.15, 0.2) is 29.5 Å². The summed E-state index contributed by atoms with van der Waals surface area (Å²) in [6, 6.07) is 6.74. The number of benzene rings is 1. The maximum atomic E-state index is 13.0. The van der Waals surface area contributed by atoms with Crippen molar-refractivity contribution in [2.45, 2.75) is 51.1 Å². The van der Waals surface area contributed by atoms with Crippen LogP contribution >= 0.6 is 11.3 Å². The summed E-state index contributed by atoms with van der Waals surface area (Å²) in [4.78, 5) is 21.3. The van der Waals surface area contributed by atoms with E-state index in [0.717, 1.165) is 53.2 Å². The molecule has 1 amide bonds. The zero-order valence-electron chi connectivity index (χ0n) is 16.2. The van der Waals surface area contributed by atoms with Gasteiger partial charge in [0.1, 0.15) is 4.88 Å². The smallest absolute Gasteiger partial charge is 0.265 e. The number of fused-ring (bicyclic) bond motifs is 3. The van der Waals surface area contributed by atoms with Gasteiger partial charge in [0.25, 0.3) is 5.91 Å². The molecule has 0 spiro atoms. The Kier molecular flexibility index (Phi) is 4.55. The van der Waals surface area contributed by atoms with Crippen molar-refractivity contribution in [2.75, 3.05) is 13.6 Å². The lowest BCUT2D eigenvalue weighted by Gasteiger charge is -2.30. The van der Waals surface area contributed by atoms with Gasteiger partial charge in [-0.1, -0.05) is 36.7 Å². The van der Waals surface area contributed by atoms with E-state index in [4.69, 9.17) is 4.98 Å². The molecule has 3 heterocycles. The van der Waals surface area contributed by atoms with Crippen LogP contribution in [0.2, 0.25) is 0 Å². The third kappa shape index (κ3) is 3.17. The molecule has 1 aromatic carbocycles. The first kappa shape index (κ1) is 17.7. The average molecular weight is 396 g/mol. The molecule has 2 aliphatic rings. The molecule has 1 fully saturated rings. The maximum Gasteiger partial charge on any atom is 0.265 e. The summed E-state index contributed by atoms with van der Waals surface area (Å²) in [5.74, 6) is 0.123. The SMILES string of the molecule is CN(C(=O)c1cn2c(nc3ccc(CN4CCC=N4)cc32)s1)C1CCCCC1. The molecule has 1 aliphatic carbocycles. The molecule has 0 unspecified atom stereocenters. The molecule has 0 atom stereocenters. The van der Waals surface area contributed by atoms with E-state index < -0.39 is 0 Å². The van der Waals surface area contributed by atoms with Gasteiger partial charge in [-0.05, 0) is 30.5 Å². The highest BCUT2D eigenvalue weighted by Gasteiger charge is 2.25. The molecule has 2 aromatic heterocycles. The molecule has 3 aromatic rings. The van der Waals surface area contributed by atoms with Gasteiger partial charge in [0.15, 0.2) is 4.96 Å². The first-order valence-electron chi connectivity index (χ1n) is 10.1. The largest absolute Gasteiger partial charge is 0.338 e. The molecule has 7 heteroatoms. The van der Waals surface area contributed by atoms with E-state index in [-0.39, 0.29) is 5.91 Å². The maximum absolute atomic E-state index is 13.0. The summed E-state index contributed by atoms with van der Waals surface area (Å²) in [6.07, 6.45) is 10.9. The number of rotatable bonds is 4. The first-order valence-corrected chi connectivity index (χ1v) is 11.0. The van der Waals surface area contributed by atoms with Crippen molar-refractivity contribution < 1.29 is 4.79 Å². The van der Waals surface area contributed by atoms with Gasteiger partial charge in [0.05, 0.1) is 17.6 Å². The van der Waals surface area contributed by atoms with Crippen LogP contribution in [-0.2, 0) is 6.54 Å². The molecule has 1 saturated carbocycles. The zero-order chi connectivity index (χ0) is 19.1. The van der Waals surface area contributed by atoms with E-state index in [1.807, 2.05) is 24.4 Å². The highest BCUT2D eigenvalue weighted by atomic mass is 32.1. The fourth-order valence-electron chi connectivity index (χ4n) is 4.33. The second kappa shape index (κ2) is 7.20. The lowest BCUT2D eigenvalue weighted by atomic mass is 9.94. The fraction of sp³-hybridized carbons (Fsp3) is 0.476. The number of carbonyl (C=O) groups is 1. The van der Waals surface area contributed by atoms with Gasteiger partial charge in [-0.15, -0.1) is 0 Å². The van der Waals surface area contributed by atoms with E-state index in [2.05, 4.69) is 32.7 Å². The lowest BCUT2D eigenvalue weighted by Crippen LogP contribution is -2.37. The summed E-state index contributed by atoms with van der Waals surface area (Å²) < 4.78 is 2.07. The number of thiazole rings is 1. The van der Waals surface area contributed by atoms with Gasteiger partial charge >= 0.3 is 0 Å². The highest BCUT2D eigenvalue weighted by molar-refractivity contribution is 7.18. The number of hydrogen-bond donors (Lipinski definition) is 0. The minimum Gasteiger partial charge on any atom is -0.338 e. The average Bonchev–Trinajstić information content (AvgIpc) is 3.44. The Morgan fingerprint density at radius 1 is 1.29 bits per heavy atom. The van der Waals surface area contributed by atoms with E-state index in [9.17, 15) is 4.79 Å². The summed E-state index contributed by atoms with van der Waals surface area (Å²) in [5, 5.41) is 6.47. The Labute approximate surface area is 168 Å². The molecule has 28 heavy (non-hydrogen) atoms. The minimum absolute atomic E-state index is 0.123. The molecular formula is C21H25N5OS. The Morgan fingerprint density at radius 2 is 2.14 bits per heavy atom. The van der Waals surface area contributed by atoms with Crippen LogP contribution in [0.5, 0.6) is 0 Å². The zero-order valence-corrected chi connectivity index (χ0v) is 17.0. The number of carbonyl (C=O) groups excluding carboxylic acids is 1. The Morgan fingerprint density at radius 3 is 2.93 bits per heavy atom. The molecule has 0 radical (unpaired) electrons. The van der Waals surface area contributed by atoms with Crippen LogP contribution in [0.1, 0.15) is 53.8 Å². The van der Waals surface area contributed by atoms with E-state index in [1.54, 1.807) is 0 Å². The van der Waals surface area contributed by atoms with Crippen molar-refractivity contribution in [1.82, 2.24) is 19.3 Å².